The summed E-state index contributed by atoms with van der Waals surface area (Å²) in [6.07, 6.45) is 0. The van der Waals surface area contributed by atoms with Crippen molar-refractivity contribution >= 4 is 60.7 Å². The Balaban J connectivity index is 1.19. The average molecular weight is 728 g/mol. The minimum atomic E-state index is 1.09. The molecule has 0 amide bonds. The third-order valence-electron chi connectivity index (χ3n) is 11.3. The van der Waals surface area contributed by atoms with Gasteiger partial charge in [0.15, 0.2) is 0 Å². The Morgan fingerprint density at radius 3 is 1.58 bits per heavy atom. The molecule has 0 N–H and O–H groups in total. The number of benzene rings is 9. The summed E-state index contributed by atoms with van der Waals surface area (Å²) in [5.74, 6) is 0. The highest BCUT2D eigenvalue weighted by Gasteiger charge is 2.24. The van der Waals surface area contributed by atoms with Crippen molar-refractivity contribution in [3.63, 3.8) is 0 Å². The lowest BCUT2D eigenvalue weighted by atomic mass is 9.98. The Hall–Kier alpha value is -7.62. The number of anilines is 3. The summed E-state index contributed by atoms with van der Waals surface area (Å²) in [5, 5.41) is 4.90. The van der Waals surface area contributed by atoms with E-state index in [4.69, 9.17) is 0 Å². The standard InChI is InChI=1S/C54H37N3/c1-4-18-38(19-5-1)39-20-16-25-43(36-39)57(52-33-17-32-51-54(52)47-28-12-15-31-50(47)55(51)41-21-6-2-7-22-41)48-29-13-10-26-44(48)40-34-35-46-45-27-11-14-30-49(45)56(53(46)37-40)42-23-8-3-9-24-42/h1-37H. The molecule has 0 unspecified atom stereocenters. The molecule has 0 spiro atoms. The molecule has 268 valence electrons. The molecule has 0 bridgehead atoms. The van der Waals surface area contributed by atoms with Crippen LogP contribution in [-0.2, 0) is 0 Å². The molecule has 11 rings (SSSR count). The van der Waals surface area contributed by atoms with Crippen LogP contribution < -0.4 is 4.90 Å². The minimum Gasteiger partial charge on any atom is -0.309 e. The predicted octanol–water partition coefficient (Wildman–Crippen LogP) is 14.7. The van der Waals surface area contributed by atoms with E-state index in [1.165, 1.54) is 49.2 Å². The molecule has 2 heterocycles. The van der Waals surface area contributed by atoms with Gasteiger partial charge in [0, 0.05) is 44.2 Å². The van der Waals surface area contributed by atoms with Crippen LogP contribution in [0.3, 0.4) is 0 Å². The lowest BCUT2D eigenvalue weighted by Crippen LogP contribution is -2.12. The van der Waals surface area contributed by atoms with Crippen molar-refractivity contribution in [3.05, 3.63) is 224 Å². The average Bonchev–Trinajstić information content (AvgIpc) is 3.81. The molecule has 0 radical (unpaired) electrons. The molecule has 57 heavy (non-hydrogen) atoms. The van der Waals surface area contributed by atoms with Crippen molar-refractivity contribution in [1.82, 2.24) is 9.13 Å². The second kappa shape index (κ2) is 13.6. The Bertz CT molecular complexity index is 3230. The van der Waals surface area contributed by atoms with Crippen LogP contribution >= 0.6 is 0 Å². The number of rotatable bonds is 7. The fourth-order valence-corrected chi connectivity index (χ4v) is 8.81. The fourth-order valence-electron chi connectivity index (χ4n) is 8.81. The van der Waals surface area contributed by atoms with Crippen molar-refractivity contribution in [2.45, 2.75) is 0 Å². The van der Waals surface area contributed by atoms with E-state index < -0.39 is 0 Å². The molecule has 9 aromatic carbocycles. The highest BCUT2D eigenvalue weighted by molar-refractivity contribution is 6.17. The molecule has 11 aromatic rings. The van der Waals surface area contributed by atoms with Crippen LogP contribution in [0.25, 0.3) is 77.2 Å². The Labute approximate surface area is 331 Å². The lowest BCUT2D eigenvalue weighted by Gasteiger charge is -2.29. The van der Waals surface area contributed by atoms with Gasteiger partial charge in [-0.3, -0.25) is 0 Å². The van der Waals surface area contributed by atoms with E-state index in [1.54, 1.807) is 0 Å². The fraction of sp³-hybridized carbons (Fsp3) is 0. The van der Waals surface area contributed by atoms with Crippen molar-refractivity contribution in [2.24, 2.45) is 0 Å². The molecule has 0 aliphatic heterocycles. The van der Waals surface area contributed by atoms with E-state index in [0.29, 0.717) is 0 Å². The second-order valence-electron chi connectivity index (χ2n) is 14.5. The summed E-state index contributed by atoms with van der Waals surface area (Å²) in [6, 6.07) is 81.2. The molecule has 0 saturated heterocycles. The largest absolute Gasteiger partial charge is 0.309 e. The number of aromatic nitrogens is 2. The molecule has 3 nitrogen and oxygen atoms in total. The monoisotopic (exact) mass is 727 g/mol. The van der Waals surface area contributed by atoms with Gasteiger partial charge in [0.05, 0.1) is 33.4 Å². The Kier molecular flexibility index (Phi) is 7.82. The molecule has 0 aliphatic carbocycles. The molecule has 0 saturated carbocycles. The van der Waals surface area contributed by atoms with Gasteiger partial charge in [0.2, 0.25) is 0 Å². The first kappa shape index (κ1) is 32.8. The summed E-state index contributed by atoms with van der Waals surface area (Å²) < 4.78 is 4.80. The van der Waals surface area contributed by atoms with Crippen molar-refractivity contribution in [1.29, 1.82) is 0 Å². The number of nitrogens with zero attached hydrogens (tertiary/aromatic N) is 3. The Morgan fingerprint density at radius 1 is 0.298 bits per heavy atom. The van der Waals surface area contributed by atoms with E-state index in [9.17, 15) is 0 Å². The summed E-state index contributed by atoms with van der Waals surface area (Å²) >= 11 is 0. The molecule has 3 heteroatoms. The third-order valence-corrected chi connectivity index (χ3v) is 11.3. The number of fused-ring (bicyclic) bond motifs is 6. The SMILES string of the molecule is c1ccc(-c2cccc(N(c3ccccc3-c3ccc4c5ccccc5n(-c5ccccc5)c4c3)c3cccc4c3c3ccccc3n4-c3ccccc3)c2)cc1. The van der Waals surface area contributed by atoms with Crippen molar-refractivity contribution in [2.75, 3.05) is 4.90 Å². The first-order chi connectivity index (χ1) is 28.3. The van der Waals surface area contributed by atoms with E-state index in [2.05, 4.69) is 238 Å². The van der Waals surface area contributed by atoms with Gasteiger partial charge in [-0.15, -0.1) is 0 Å². The Morgan fingerprint density at radius 2 is 0.825 bits per heavy atom. The topological polar surface area (TPSA) is 13.1 Å². The first-order valence-electron chi connectivity index (χ1n) is 19.5. The highest BCUT2D eigenvalue weighted by Crippen LogP contribution is 2.47. The predicted molar refractivity (Wildman–Crippen MR) is 241 cm³/mol. The molecular formula is C54H37N3. The summed E-state index contributed by atoms with van der Waals surface area (Å²) in [6.45, 7) is 0. The van der Waals surface area contributed by atoms with Gasteiger partial charge in [-0.25, -0.2) is 0 Å². The van der Waals surface area contributed by atoms with Crippen molar-refractivity contribution in [3.8, 4) is 33.6 Å². The normalized spacial score (nSPS) is 11.5. The van der Waals surface area contributed by atoms with Gasteiger partial charge in [-0.2, -0.15) is 0 Å². The maximum atomic E-state index is 2.48. The molecular weight excluding hydrogens is 691 g/mol. The van der Waals surface area contributed by atoms with Gasteiger partial charge in [-0.1, -0.05) is 152 Å². The molecule has 0 aliphatic rings. The van der Waals surface area contributed by atoms with E-state index in [-0.39, 0.29) is 0 Å². The third kappa shape index (κ3) is 5.43. The minimum absolute atomic E-state index is 1.09. The van der Waals surface area contributed by atoms with E-state index in [1.807, 2.05) is 0 Å². The molecule has 0 atom stereocenters. The number of para-hydroxylation sites is 5. The smallest absolute Gasteiger partial charge is 0.0562 e. The van der Waals surface area contributed by atoms with Crippen LogP contribution in [0.2, 0.25) is 0 Å². The van der Waals surface area contributed by atoms with Crippen LogP contribution in [0.15, 0.2) is 224 Å². The van der Waals surface area contributed by atoms with Gasteiger partial charge in [0.25, 0.3) is 0 Å². The van der Waals surface area contributed by atoms with Gasteiger partial charge >= 0.3 is 0 Å². The van der Waals surface area contributed by atoms with E-state index in [0.717, 1.165) is 45.1 Å². The maximum absolute atomic E-state index is 2.48. The van der Waals surface area contributed by atoms with Gasteiger partial charge in [0.1, 0.15) is 0 Å². The molecule has 2 aromatic heterocycles. The number of hydrogen-bond donors (Lipinski definition) is 0. The maximum Gasteiger partial charge on any atom is 0.0562 e. The zero-order valence-corrected chi connectivity index (χ0v) is 31.2. The van der Waals surface area contributed by atoms with Crippen LogP contribution in [0, 0.1) is 0 Å². The first-order valence-corrected chi connectivity index (χ1v) is 19.5. The summed E-state index contributed by atoms with van der Waals surface area (Å²) in [4.78, 5) is 2.48. The molecule has 0 fully saturated rings. The van der Waals surface area contributed by atoms with Gasteiger partial charge < -0.3 is 14.0 Å². The van der Waals surface area contributed by atoms with Crippen LogP contribution in [0.5, 0.6) is 0 Å². The van der Waals surface area contributed by atoms with E-state index >= 15 is 0 Å². The van der Waals surface area contributed by atoms with Crippen LogP contribution in [0.4, 0.5) is 17.1 Å². The van der Waals surface area contributed by atoms with Crippen LogP contribution in [-0.4, -0.2) is 9.13 Å². The summed E-state index contributed by atoms with van der Waals surface area (Å²) in [7, 11) is 0. The zero-order chi connectivity index (χ0) is 37.7. The highest BCUT2D eigenvalue weighted by atomic mass is 15.2. The summed E-state index contributed by atoms with van der Waals surface area (Å²) in [5.41, 5.74) is 15.0. The lowest BCUT2D eigenvalue weighted by molar-refractivity contribution is 1.18. The zero-order valence-electron chi connectivity index (χ0n) is 31.2. The van der Waals surface area contributed by atoms with Crippen molar-refractivity contribution < 1.29 is 0 Å². The number of hydrogen-bond acceptors (Lipinski definition) is 1. The van der Waals surface area contributed by atoms with Crippen LogP contribution in [0.1, 0.15) is 0 Å². The van der Waals surface area contributed by atoms with Gasteiger partial charge in [-0.05, 0) is 89.5 Å². The quantitative estimate of drug-likeness (QED) is 0.159. The second-order valence-corrected chi connectivity index (χ2v) is 14.5.